The topological polar surface area (TPSA) is 44.8 Å². The fourth-order valence-electron chi connectivity index (χ4n) is 3.21. The van der Waals surface area contributed by atoms with E-state index in [1.165, 1.54) is 24.3 Å². The highest BCUT2D eigenvalue weighted by Crippen LogP contribution is 2.49. The highest BCUT2D eigenvalue weighted by molar-refractivity contribution is 7.63. The summed E-state index contributed by atoms with van der Waals surface area (Å²) >= 11 is 6.08. The van der Waals surface area contributed by atoms with E-state index >= 15 is 0 Å². The van der Waals surface area contributed by atoms with E-state index in [9.17, 15) is 30.9 Å². The number of ether oxygens (including phenoxy) is 1. The fraction of sp³-hybridized carbons (Fsp3) is 0.0769. The third kappa shape index (κ3) is 6.62. The number of alkyl halides is 6. The molecule has 0 saturated heterocycles. The Balaban J connectivity index is 1.70. The van der Waals surface area contributed by atoms with Crippen LogP contribution in [0.5, 0.6) is 23.0 Å². The molecule has 0 aliphatic rings. The van der Waals surface area contributed by atoms with Crippen LogP contribution < -0.4 is 19.1 Å². The Bertz CT molecular complexity index is 1410. The van der Waals surface area contributed by atoms with Gasteiger partial charge in [-0.25, -0.2) is 4.57 Å². The van der Waals surface area contributed by atoms with Crippen LogP contribution in [-0.2, 0) is 16.9 Å². The van der Waals surface area contributed by atoms with Crippen molar-refractivity contribution in [2.75, 3.05) is 0 Å². The van der Waals surface area contributed by atoms with Crippen LogP contribution in [0.2, 0.25) is 5.02 Å². The van der Waals surface area contributed by atoms with E-state index in [1.807, 2.05) is 0 Å². The van der Waals surface area contributed by atoms with Crippen LogP contribution in [0.25, 0.3) is 0 Å². The highest BCUT2D eigenvalue weighted by atomic mass is 35.5. The second-order valence-electron chi connectivity index (χ2n) is 7.76. The molecule has 0 N–H and O–H groups in total. The van der Waals surface area contributed by atoms with Crippen LogP contribution in [0.1, 0.15) is 11.1 Å². The number of benzene rings is 4. The first-order chi connectivity index (χ1) is 17.8. The first-order valence-corrected chi connectivity index (χ1v) is 12.6. The smallest absolute Gasteiger partial charge is 0.456 e. The first-order valence-electron chi connectivity index (χ1n) is 10.7. The van der Waals surface area contributed by atoms with E-state index in [0.717, 1.165) is 36.4 Å². The van der Waals surface area contributed by atoms with Gasteiger partial charge in [-0.3, -0.25) is 0 Å². The van der Waals surface area contributed by atoms with Gasteiger partial charge in [-0.05, 0) is 72.8 Å². The van der Waals surface area contributed by atoms with Crippen molar-refractivity contribution in [3.05, 3.63) is 113 Å². The van der Waals surface area contributed by atoms with Crippen LogP contribution in [0, 0.1) is 0 Å². The lowest BCUT2D eigenvalue weighted by Crippen LogP contribution is -2.15. The molecule has 0 amide bonds. The highest BCUT2D eigenvalue weighted by Gasteiger charge is 2.36. The third-order valence-electron chi connectivity index (χ3n) is 4.99. The summed E-state index contributed by atoms with van der Waals surface area (Å²) in [6.07, 6.45) is -9.44. The van der Waals surface area contributed by atoms with E-state index in [2.05, 4.69) is 0 Å². The van der Waals surface area contributed by atoms with Gasteiger partial charge in [0, 0.05) is 0 Å². The standard InChI is InChI=1S/C26H16ClF6O4P/c27-23-9-1-2-10-24(23)35-19-11-13-22(14-12-19)38(34,36-20-7-3-5-17(15-20)25(28,29)30)37-21-8-4-6-18(16-21)26(31,32)33/h1-16H. The third-order valence-corrected chi connectivity index (χ3v) is 7.14. The Labute approximate surface area is 217 Å². The molecule has 0 aliphatic heterocycles. The maximum Gasteiger partial charge on any atom is 0.462 e. The van der Waals surface area contributed by atoms with Gasteiger partial charge in [0.1, 0.15) is 23.0 Å². The zero-order chi connectivity index (χ0) is 27.6. The monoisotopic (exact) mass is 572 g/mol. The van der Waals surface area contributed by atoms with Crippen LogP contribution >= 0.6 is 19.2 Å². The molecule has 0 atom stereocenters. The molecule has 4 aromatic rings. The van der Waals surface area contributed by atoms with Gasteiger partial charge < -0.3 is 13.8 Å². The summed E-state index contributed by atoms with van der Waals surface area (Å²) in [6, 6.07) is 18.9. The fourth-order valence-corrected chi connectivity index (χ4v) is 4.93. The van der Waals surface area contributed by atoms with Crippen LogP contribution in [0.4, 0.5) is 26.3 Å². The predicted octanol–water partition coefficient (Wildman–Crippen LogP) is 9.15. The largest absolute Gasteiger partial charge is 0.462 e. The number of hydrogen-bond acceptors (Lipinski definition) is 4. The number of halogens is 7. The second-order valence-corrected chi connectivity index (χ2v) is 10.0. The van der Waals surface area contributed by atoms with Crippen molar-refractivity contribution in [3.8, 4) is 23.0 Å². The van der Waals surface area contributed by atoms with Gasteiger partial charge in [-0.15, -0.1) is 0 Å². The molecule has 0 unspecified atom stereocenters. The van der Waals surface area contributed by atoms with Crippen molar-refractivity contribution in [1.82, 2.24) is 0 Å². The molecule has 198 valence electrons. The lowest BCUT2D eigenvalue weighted by Gasteiger charge is -2.21. The zero-order valence-corrected chi connectivity index (χ0v) is 20.6. The van der Waals surface area contributed by atoms with Crippen LogP contribution in [0.3, 0.4) is 0 Å². The lowest BCUT2D eigenvalue weighted by molar-refractivity contribution is -0.138. The Morgan fingerprint density at radius 1 is 0.605 bits per heavy atom. The summed E-state index contributed by atoms with van der Waals surface area (Å²) in [5.74, 6) is -0.352. The van der Waals surface area contributed by atoms with Crippen molar-refractivity contribution < 1.29 is 44.7 Å². The molecule has 0 radical (unpaired) electrons. The molecule has 0 aliphatic carbocycles. The first kappa shape index (κ1) is 27.4. The summed E-state index contributed by atoms with van der Waals surface area (Å²) in [4.78, 5) is 0. The van der Waals surface area contributed by atoms with Crippen molar-refractivity contribution in [2.45, 2.75) is 12.4 Å². The minimum absolute atomic E-state index is 0.154. The van der Waals surface area contributed by atoms with E-state index in [0.29, 0.717) is 22.9 Å². The van der Waals surface area contributed by atoms with E-state index < -0.39 is 42.6 Å². The summed E-state index contributed by atoms with van der Waals surface area (Å²) < 4.78 is 110. The van der Waals surface area contributed by atoms with E-state index in [4.69, 9.17) is 25.4 Å². The second kappa shape index (κ2) is 10.6. The van der Waals surface area contributed by atoms with Crippen molar-refractivity contribution in [2.24, 2.45) is 0 Å². The molecule has 4 rings (SSSR count). The normalized spacial score (nSPS) is 12.2. The minimum atomic E-state index is -4.72. The predicted molar refractivity (Wildman–Crippen MR) is 129 cm³/mol. The Hall–Kier alpha value is -3.62. The number of rotatable bonds is 7. The molecule has 0 heterocycles. The average Bonchev–Trinajstić information content (AvgIpc) is 2.85. The molecule has 0 spiro atoms. The molecule has 4 aromatic carbocycles. The van der Waals surface area contributed by atoms with Crippen LogP contribution in [0.15, 0.2) is 97.1 Å². The Morgan fingerprint density at radius 3 is 1.58 bits per heavy atom. The van der Waals surface area contributed by atoms with Gasteiger partial charge in [0.05, 0.1) is 21.5 Å². The molecular formula is C26H16ClF6O4P. The van der Waals surface area contributed by atoms with Gasteiger partial charge >= 0.3 is 19.9 Å². The Morgan fingerprint density at radius 2 is 1.11 bits per heavy atom. The van der Waals surface area contributed by atoms with Crippen molar-refractivity contribution >= 4 is 24.5 Å². The molecule has 38 heavy (non-hydrogen) atoms. The molecule has 0 saturated carbocycles. The van der Waals surface area contributed by atoms with Gasteiger partial charge in [0.25, 0.3) is 0 Å². The van der Waals surface area contributed by atoms with Crippen molar-refractivity contribution in [3.63, 3.8) is 0 Å². The van der Waals surface area contributed by atoms with E-state index in [-0.39, 0.29) is 11.1 Å². The van der Waals surface area contributed by atoms with E-state index in [1.54, 1.807) is 24.3 Å². The quantitative estimate of drug-likeness (QED) is 0.164. The summed E-state index contributed by atoms with van der Waals surface area (Å²) in [5.41, 5.74) is -2.16. The number of hydrogen-bond donors (Lipinski definition) is 0. The number of para-hydroxylation sites is 1. The summed E-state index contributed by atoms with van der Waals surface area (Å²) in [5, 5.41) is 0.168. The molecule has 0 bridgehead atoms. The maximum atomic E-state index is 13.9. The SMILES string of the molecule is O=P(Oc1cccc(C(F)(F)F)c1)(Oc1cccc(C(F)(F)F)c1)c1ccc(Oc2ccccc2Cl)cc1. The average molecular weight is 573 g/mol. The molecular weight excluding hydrogens is 557 g/mol. The molecule has 0 fully saturated rings. The molecule has 4 nitrogen and oxygen atoms in total. The van der Waals surface area contributed by atoms with Gasteiger partial charge in [0.2, 0.25) is 0 Å². The zero-order valence-electron chi connectivity index (χ0n) is 19.0. The molecule has 0 aromatic heterocycles. The Kier molecular flexibility index (Phi) is 7.67. The summed E-state index contributed by atoms with van der Waals surface area (Å²) in [6.45, 7) is 0. The van der Waals surface area contributed by atoms with Gasteiger partial charge in [0.15, 0.2) is 0 Å². The minimum Gasteiger partial charge on any atom is -0.456 e. The van der Waals surface area contributed by atoms with Gasteiger partial charge in [-0.2, -0.15) is 26.3 Å². The van der Waals surface area contributed by atoms with Gasteiger partial charge in [-0.1, -0.05) is 35.9 Å². The lowest BCUT2D eigenvalue weighted by atomic mass is 10.2. The summed E-state index contributed by atoms with van der Waals surface area (Å²) in [7, 11) is -4.59. The van der Waals surface area contributed by atoms with Crippen molar-refractivity contribution in [1.29, 1.82) is 0 Å². The van der Waals surface area contributed by atoms with Crippen LogP contribution in [-0.4, -0.2) is 0 Å². The molecule has 12 heteroatoms. The maximum absolute atomic E-state index is 13.9.